The molecule has 4 aliphatic rings. The Balaban J connectivity index is 1.61. The van der Waals surface area contributed by atoms with Crippen molar-refractivity contribution in [2.75, 3.05) is 25.0 Å². The van der Waals surface area contributed by atoms with Crippen LogP contribution in [0.4, 0.5) is 19.0 Å². The number of aryl methyl sites for hydroxylation is 1. The van der Waals surface area contributed by atoms with Crippen molar-refractivity contribution in [3.8, 4) is 17.5 Å². The molecule has 8 nitrogen and oxygen atoms in total. The summed E-state index contributed by atoms with van der Waals surface area (Å²) in [6.45, 7) is 5.70. The van der Waals surface area contributed by atoms with Crippen molar-refractivity contribution in [1.29, 1.82) is 5.26 Å². The molecule has 4 aliphatic heterocycles. The number of hydrogen-bond donors (Lipinski definition) is 1. The first-order valence-corrected chi connectivity index (χ1v) is 12.4. The van der Waals surface area contributed by atoms with Gasteiger partial charge in [0.25, 0.3) is 6.43 Å². The van der Waals surface area contributed by atoms with Gasteiger partial charge < -0.3 is 14.8 Å². The molecule has 0 aromatic heterocycles. The van der Waals surface area contributed by atoms with Crippen LogP contribution in [0, 0.1) is 24.1 Å². The van der Waals surface area contributed by atoms with Crippen molar-refractivity contribution >= 4 is 17.3 Å². The number of nitriles is 1. The Labute approximate surface area is 217 Å². The maximum atomic E-state index is 14.9. The molecule has 0 aliphatic carbocycles. The summed E-state index contributed by atoms with van der Waals surface area (Å²) in [5.41, 5.74) is 2.42. The van der Waals surface area contributed by atoms with Gasteiger partial charge in [0.05, 0.1) is 23.2 Å². The van der Waals surface area contributed by atoms with Crippen LogP contribution < -0.4 is 10.8 Å². The van der Waals surface area contributed by atoms with E-state index in [0.717, 1.165) is 23.0 Å². The third kappa shape index (κ3) is 4.62. The highest BCUT2D eigenvalue weighted by molar-refractivity contribution is 5.83. The molecule has 0 radical (unpaired) electrons. The van der Waals surface area contributed by atoms with Crippen LogP contribution in [0.3, 0.4) is 0 Å². The van der Waals surface area contributed by atoms with Crippen molar-refractivity contribution in [2.24, 2.45) is 4.99 Å². The van der Waals surface area contributed by atoms with Gasteiger partial charge in [-0.25, -0.2) is 23.1 Å². The summed E-state index contributed by atoms with van der Waals surface area (Å²) >= 11 is 0. The smallest absolute Gasteiger partial charge is 0.266 e. The van der Waals surface area contributed by atoms with Crippen LogP contribution in [0.2, 0.25) is 0 Å². The molecule has 11 heteroatoms. The number of amides is 1. The maximum absolute atomic E-state index is 14.9. The van der Waals surface area contributed by atoms with Crippen molar-refractivity contribution in [3.05, 3.63) is 64.2 Å². The normalized spacial score (nSPS) is 16.3. The fourth-order valence-electron chi connectivity index (χ4n) is 5.02. The Bertz CT molecular complexity index is 1520. The minimum absolute atomic E-state index is 0.0695. The van der Waals surface area contributed by atoms with Crippen LogP contribution >= 0.6 is 0 Å². The van der Waals surface area contributed by atoms with Crippen molar-refractivity contribution in [2.45, 2.75) is 45.7 Å². The summed E-state index contributed by atoms with van der Waals surface area (Å²) in [6, 6.07) is 7.03. The Morgan fingerprint density at radius 1 is 1.24 bits per heavy atom. The molecule has 1 amide bonds. The monoisotopic (exact) mass is 521 g/mol. The Morgan fingerprint density at radius 2 is 2.03 bits per heavy atom. The van der Waals surface area contributed by atoms with E-state index in [2.05, 4.69) is 24.8 Å². The van der Waals surface area contributed by atoms with Crippen LogP contribution in [-0.4, -0.2) is 45.0 Å². The number of nitrogens with zero attached hydrogens (tertiary/aromatic N) is 6. The first kappa shape index (κ1) is 25.4. The predicted molar refractivity (Wildman–Crippen MR) is 135 cm³/mol. The van der Waals surface area contributed by atoms with Gasteiger partial charge in [-0.15, -0.1) is 0 Å². The molecule has 0 saturated carbocycles. The summed E-state index contributed by atoms with van der Waals surface area (Å²) in [5.74, 6) is 0.922. The van der Waals surface area contributed by atoms with Gasteiger partial charge in [-0.05, 0) is 31.9 Å². The van der Waals surface area contributed by atoms with Crippen molar-refractivity contribution in [1.82, 2.24) is 19.4 Å². The molecular formula is C27H26F3N7O. The lowest BCUT2D eigenvalue weighted by Gasteiger charge is -2.27. The van der Waals surface area contributed by atoms with Crippen molar-refractivity contribution < 1.29 is 18.0 Å². The standard InChI is InChI=1S/C27H26F3N7O/c1-15(18-4-3-5-19(23(18)28)24(29)30)33-25-21-14-20(17-7-11-36(12-8-17)22(38)6-9-31)26-32-10-13-37(26)27(21)35-16(2)34-25/h3-5,7,14-15,24,32H,6,8,10-13H2,1-2H3/t15-/m1/s1. The molecule has 1 atom stereocenters. The largest absolute Gasteiger partial charge is 0.369 e. The minimum Gasteiger partial charge on any atom is -0.369 e. The molecule has 0 unspecified atom stereocenters. The highest BCUT2D eigenvalue weighted by Crippen LogP contribution is 2.36. The van der Waals surface area contributed by atoms with E-state index in [0.29, 0.717) is 55.3 Å². The number of rotatable bonds is 5. The fourth-order valence-corrected chi connectivity index (χ4v) is 5.02. The number of fused-ring (bicyclic) bond motifs is 3. The zero-order valence-corrected chi connectivity index (χ0v) is 21.0. The molecular weight excluding hydrogens is 495 g/mol. The van der Waals surface area contributed by atoms with Crippen LogP contribution in [0.25, 0.3) is 17.0 Å². The number of anilines is 1. The number of halogens is 3. The van der Waals surface area contributed by atoms with Crippen LogP contribution in [0.15, 0.2) is 35.3 Å². The first-order chi connectivity index (χ1) is 18.3. The Kier molecular flexibility index (Phi) is 6.89. The first-order valence-electron chi connectivity index (χ1n) is 12.4. The van der Waals surface area contributed by atoms with Crippen molar-refractivity contribution in [3.63, 3.8) is 0 Å². The summed E-state index contributed by atoms with van der Waals surface area (Å²) in [6.07, 6.45) is -0.473. The second-order valence-electron chi connectivity index (χ2n) is 9.33. The molecule has 0 fully saturated rings. The molecule has 0 saturated heterocycles. The van der Waals surface area contributed by atoms with Crippen LogP contribution in [0.5, 0.6) is 0 Å². The van der Waals surface area contributed by atoms with E-state index in [1.165, 1.54) is 12.1 Å². The van der Waals surface area contributed by atoms with Gasteiger partial charge in [-0.3, -0.25) is 9.79 Å². The second-order valence-corrected chi connectivity index (χ2v) is 9.33. The number of aromatic nitrogens is 3. The minimum atomic E-state index is -2.92. The van der Waals surface area contributed by atoms with Gasteiger partial charge in [0.2, 0.25) is 5.91 Å². The van der Waals surface area contributed by atoms with Gasteiger partial charge >= 0.3 is 0 Å². The molecule has 1 aromatic carbocycles. The number of hydrogen-bond acceptors (Lipinski definition) is 6. The average Bonchev–Trinajstić information content (AvgIpc) is 3.39. The van der Waals surface area contributed by atoms with E-state index < -0.39 is 23.8 Å². The zero-order chi connectivity index (χ0) is 27.0. The van der Waals surface area contributed by atoms with E-state index >= 15 is 0 Å². The van der Waals surface area contributed by atoms with Gasteiger partial charge in [-0.2, -0.15) is 5.26 Å². The fraction of sp³-hybridized carbons (Fsp3) is 0.370. The number of carbonyl (C=O) groups excluding carboxylic acids is 1. The van der Waals surface area contributed by atoms with E-state index in [-0.39, 0.29) is 17.9 Å². The van der Waals surface area contributed by atoms with Gasteiger partial charge in [0.1, 0.15) is 29.7 Å². The summed E-state index contributed by atoms with van der Waals surface area (Å²) in [4.78, 5) is 27.7. The van der Waals surface area contributed by atoms with Gasteiger partial charge in [0, 0.05) is 37.3 Å². The van der Waals surface area contributed by atoms with Gasteiger partial charge in [-0.1, -0.05) is 24.3 Å². The average molecular weight is 522 g/mol. The lowest BCUT2D eigenvalue weighted by Crippen LogP contribution is -2.34. The number of pyridine rings is 1. The lowest BCUT2D eigenvalue weighted by atomic mass is 9.97. The Morgan fingerprint density at radius 3 is 2.74 bits per heavy atom. The maximum Gasteiger partial charge on any atom is 0.266 e. The predicted octanol–water partition coefficient (Wildman–Crippen LogP) is 4.38. The third-order valence-electron chi connectivity index (χ3n) is 6.91. The SMILES string of the molecule is Cc1nc2n3c(c(C4=CCN(C(=O)CC#N)CC4)cc-2c(=N[C@H](C)c2cccc(C(F)F)c2F)n1)NCC3. The number of carbonyl (C=O) groups is 1. The quantitative estimate of drug-likeness (QED) is 0.537. The topological polar surface area (TPSA) is 99.2 Å². The molecule has 1 aromatic rings. The summed E-state index contributed by atoms with van der Waals surface area (Å²) < 4.78 is 43.5. The molecule has 5 rings (SSSR count). The Hall–Kier alpha value is -4.20. The zero-order valence-electron chi connectivity index (χ0n) is 21.0. The molecule has 4 heterocycles. The highest BCUT2D eigenvalue weighted by atomic mass is 19.3. The summed E-state index contributed by atoms with van der Waals surface area (Å²) in [5, 5.41) is 12.3. The third-order valence-corrected chi connectivity index (χ3v) is 6.91. The number of nitrogens with one attached hydrogen (secondary N) is 1. The highest BCUT2D eigenvalue weighted by Gasteiger charge is 2.27. The van der Waals surface area contributed by atoms with E-state index in [4.69, 9.17) is 5.26 Å². The second kappa shape index (κ2) is 10.3. The van der Waals surface area contributed by atoms with E-state index in [1.807, 2.05) is 18.2 Å². The number of benzene rings is 1. The molecule has 38 heavy (non-hydrogen) atoms. The van der Waals surface area contributed by atoms with Crippen LogP contribution in [-0.2, 0) is 11.3 Å². The summed E-state index contributed by atoms with van der Waals surface area (Å²) in [7, 11) is 0. The molecule has 0 spiro atoms. The molecule has 196 valence electrons. The molecule has 1 N–H and O–H groups in total. The van der Waals surface area contributed by atoms with E-state index in [9.17, 15) is 18.0 Å². The lowest BCUT2D eigenvalue weighted by molar-refractivity contribution is -0.129. The van der Waals surface area contributed by atoms with E-state index in [1.54, 1.807) is 18.7 Å². The van der Waals surface area contributed by atoms with Crippen LogP contribution in [0.1, 0.15) is 54.7 Å². The van der Waals surface area contributed by atoms with Gasteiger partial charge in [0.15, 0.2) is 5.49 Å². The molecule has 0 bridgehead atoms. The number of alkyl halides is 2.